The van der Waals surface area contributed by atoms with E-state index >= 15 is 0 Å². The largest absolute Gasteiger partial charge is 0.493 e. The second kappa shape index (κ2) is 11.8. The molecule has 0 radical (unpaired) electrons. The third-order valence-corrected chi connectivity index (χ3v) is 7.67. The molecule has 1 aromatic heterocycles. The molecule has 1 amide bonds. The van der Waals surface area contributed by atoms with Crippen molar-refractivity contribution in [3.05, 3.63) is 89.2 Å². The summed E-state index contributed by atoms with van der Waals surface area (Å²) in [5.74, 6) is 2.29. The van der Waals surface area contributed by atoms with Gasteiger partial charge in [-0.1, -0.05) is 55.8 Å². The lowest BCUT2D eigenvalue weighted by atomic mass is 10.1. The number of anilines is 1. The molecule has 0 aliphatic carbocycles. The first-order valence-corrected chi connectivity index (χ1v) is 14.1. The van der Waals surface area contributed by atoms with Crippen LogP contribution in [0.5, 0.6) is 5.75 Å². The van der Waals surface area contributed by atoms with Gasteiger partial charge in [-0.25, -0.2) is 4.98 Å². The van der Waals surface area contributed by atoms with E-state index in [0.29, 0.717) is 19.6 Å². The number of hydrogen-bond donors (Lipinski definition) is 0. The lowest BCUT2D eigenvalue weighted by Crippen LogP contribution is -2.24. The van der Waals surface area contributed by atoms with Crippen molar-refractivity contribution in [1.82, 2.24) is 9.55 Å². The lowest BCUT2D eigenvalue weighted by Gasteiger charge is -2.18. The van der Waals surface area contributed by atoms with E-state index < -0.39 is 0 Å². The number of aryl methyl sites for hydroxylation is 4. The van der Waals surface area contributed by atoms with Crippen molar-refractivity contribution in [2.45, 2.75) is 71.8 Å². The van der Waals surface area contributed by atoms with Crippen LogP contribution in [0.4, 0.5) is 5.69 Å². The summed E-state index contributed by atoms with van der Waals surface area (Å²) >= 11 is 0. The zero-order chi connectivity index (χ0) is 26.5. The van der Waals surface area contributed by atoms with E-state index in [9.17, 15) is 4.79 Å². The molecule has 1 unspecified atom stereocenters. The average Bonchev–Trinajstić information content (AvgIpc) is 3.49. The molecule has 5 rings (SSSR count). The Labute approximate surface area is 226 Å². The number of amides is 1. The second-order valence-electron chi connectivity index (χ2n) is 10.6. The van der Waals surface area contributed by atoms with E-state index in [4.69, 9.17) is 9.72 Å². The Morgan fingerprint density at radius 1 is 0.921 bits per heavy atom. The van der Waals surface area contributed by atoms with Crippen LogP contribution in [-0.4, -0.2) is 28.6 Å². The second-order valence-corrected chi connectivity index (χ2v) is 10.6. The molecule has 198 valence electrons. The predicted octanol–water partition coefficient (Wildman–Crippen LogP) is 7.38. The summed E-state index contributed by atoms with van der Waals surface area (Å²) in [6.07, 6.45) is 5.91. The Morgan fingerprint density at radius 3 is 2.45 bits per heavy atom. The maximum atomic E-state index is 13.1. The Kier molecular flexibility index (Phi) is 8.11. The maximum absolute atomic E-state index is 13.1. The van der Waals surface area contributed by atoms with Crippen LogP contribution in [0.15, 0.2) is 66.7 Å². The number of hydrogen-bond acceptors (Lipinski definition) is 3. The number of unbranched alkanes of at least 4 members (excludes halogenated alkanes) is 2. The van der Waals surface area contributed by atoms with Gasteiger partial charge in [-0.2, -0.15) is 0 Å². The standard InChI is InChI=1S/C33H39N3O2/c1-4-5-13-26-16-18-28(19-17-26)36-23-27(22-31(36)37)33-34-29-14-6-7-15-30(29)35(33)20-8-9-21-38-32-24(2)11-10-12-25(32)3/h6-7,10-12,14-19,27H,4-5,8-9,13,20-23H2,1-3H3. The van der Waals surface area contributed by atoms with Crippen LogP contribution in [-0.2, 0) is 17.8 Å². The molecule has 38 heavy (non-hydrogen) atoms. The van der Waals surface area contributed by atoms with Crippen LogP contribution >= 0.6 is 0 Å². The SMILES string of the molecule is CCCCc1ccc(N2CC(c3nc4ccccc4n3CCCCOc3c(C)cccc3C)CC2=O)cc1. The number of nitrogens with zero attached hydrogens (tertiary/aromatic N) is 3. The zero-order valence-corrected chi connectivity index (χ0v) is 23.0. The Hall–Kier alpha value is -3.60. The molecule has 1 saturated heterocycles. The average molecular weight is 510 g/mol. The number of carbonyl (C=O) groups is 1. The van der Waals surface area contributed by atoms with Crippen molar-refractivity contribution in [1.29, 1.82) is 0 Å². The highest BCUT2D eigenvalue weighted by Gasteiger charge is 2.34. The minimum Gasteiger partial charge on any atom is -0.493 e. The summed E-state index contributed by atoms with van der Waals surface area (Å²) < 4.78 is 8.47. The van der Waals surface area contributed by atoms with Gasteiger partial charge in [0, 0.05) is 31.1 Å². The summed E-state index contributed by atoms with van der Waals surface area (Å²) in [5, 5.41) is 0. The van der Waals surface area contributed by atoms with Crippen molar-refractivity contribution in [2.75, 3.05) is 18.1 Å². The van der Waals surface area contributed by atoms with Gasteiger partial charge in [-0.3, -0.25) is 4.79 Å². The maximum Gasteiger partial charge on any atom is 0.227 e. The lowest BCUT2D eigenvalue weighted by molar-refractivity contribution is -0.117. The molecule has 0 bridgehead atoms. The Bertz CT molecular complexity index is 1370. The van der Waals surface area contributed by atoms with E-state index in [1.807, 2.05) is 11.0 Å². The molecule has 3 aromatic carbocycles. The molecule has 5 heteroatoms. The fourth-order valence-electron chi connectivity index (χ4n) is 5.57. The van der Waals surface area contributed by atoms with Gasteiger partial charge >= 0.3 is 0 Å². The van der Waals surface area contributed by atoms with Gasteiger partial charge < -0.3 is 14.2 Å². The highest BCUT2D eigenvalue weighted by molar-refractivity contribution is 5.96. The molecule has 0 saturated carbocycles. The third-order valence-electron chi connectivity index (χ3n) is 7.67. The van der Waals surface area contributed by atoms with E-state index in [2.05, 4.69) is 86.0 Å². The summed E-state index contributed by atoms with van der Waals surface area (Å²) in [7, 11) is 0. The van der Waals surface area contributed by atoms with Gasteiger partial charge in [-0.15, -0.1) is 0 Å². The van der Waals surface area contributed by atoms with Crippen molar-refractivity contribution in [3.8, 4) is 5.75 Å². The minimum atomic E-state index is 0.0838. The Morgan fingerprint density at radius 2 is 1.68 bits per heavy atom. The molecule has 1 aliphatic rings. The van der Waals surface area contributed by atoms with Crippen molar-refractivity contribution >= 4 is 22.6 Å². The van der Waals surface area contributed by atoms with Gasteiger partial charge in [0.15, 0.2) is 0 Å². The summed E-state index contributed by atoms with van der Waals surface area (Å²) in [5.41, 5.74) is 6.83. The number of imidazole rings is 1. The first-order valence-electron chi connectivity index (χ1n) is 14.1. The molecule has 5 nitrogen and oxygen atoms in total. The van der Waals surface area contributed by atoms with Gasteiger partial charge in [0.2, 0.25) is 5.91 Å². The smallest absolute Gasteiger partial charge is 0.227 e. The highest BCUT2D eigenvalue weighted by Crippen LogP contribution is 2.33. The van der Waals surface area contributed by atoms with E-state index in [1.54, 1.807) is 0 Å². The number of rotatable bonds is 11. The molecular formula is C33H39N3O2. The van der Waals surface area contributed by atoms with Crippen LogP contribution in [0, 0.1) is 13.8 Å². The van der Waals surface area contributed by atoms with Crippen LogP contribution < -0.4 is 9.64 Å². The van der Waals surface area contributed by atoms with Crippen LogP contribution in [0.2, 0.25) is 0 Å². The van der Waals surface area contributed by atoms with E-state index in [0.717, 1.165) is 54.1 Å². The fraction of sp³-hybridized carbons (Fsp3) is 0.394. The van der Waals surface area contributed by atoms with Gasteiger partial charge in [0.25, 0.3) is 0 Å². The third kappa shape index (κ3) is 5.62. The van der Waals surface area contributed by atoms with E-state index in [1.165, 1.54) is 29.5 Å². The Balaban J connectivity index is 1.27. The molecule has 1 aliphatic heterocycles. The number of benzene rings is 3. The van der Waals surface area contributed by atoms with Crippen molar-refractivity contribution < 1.29 is 9.53 Å². The first-order chi connectivity index (χ1) is 18.5. The van der Waals surface area contributed by atoms with E-state index in [-0.39, 0.29) is 11.8 Å². The first kappa shape index (κ1) is 26.0. The highest BCUT2D eigenvalue weighted by atomic mass is 16.5. The molecule has 1 atom stereocenters. The van der Waals surface area contributed by atoms with Crippen molar-refractivity contribution in [2.24, 2.45) is 0 Å². The molecule has 0 N–H and O–H groups in total. The molecule has 0 spiro atoms. The summed E-state index contributed by atoms with van der Waals surface area (Å²) in [6.45, 7) is 8.63. The van der Waals surface area contributed by atoms with Gasteiger partial charge in [0.05, 0.1) is 17.6 Å². The molecular weight excluding hydrogens is 470 g/mol. The van der Waals surface area contributed by atoms with Crippen LogP contribution in [0.25, 0.3) is 11.0 Å². The summed E-state index contributed by atoms with van der Waals surface area (Å²) in [4.78, 5) is 20.1. The number of ether oxygens (including phenoxy) is 1. The zero-order valence-electron chi connectivity index (χ0n) is 23.0. The normalized spacial score (nSPS) is 15.5. The quantitative estimate of drug-likeness (QED) is 0.198. The topological polar surface area (TPSA) is 47.4 Å². The monoisotopic (exact) mass is 509 g/mol. The molecule has 4 aromatic rings. The molecule has 2 heterocycles. The predicted molar refractivity (Wildman–Crippen MR) is 155 cm³/mol. The summed E-state index contributed by atoms with van der Waals surface area (Å²) in [6, 6.07) is 23.1. The minimum absolute atomic E-state index is 0.0838. The number of carbonyl (C=O) groups excluding carboxylic acids is 1. The van der Waals surface area contributed by atoms with Gasteiger partial charge in [-0.05, 0) is 80.5 Å². The van der Waals surface area contributed by atoms with Crippen molar-refractivity contribution in [3.63, 3.8) is 0 Å². The fourth-order valence-corrected chi connectivity index (χ4v) is 5.57. The van der Waals surface area contributed by atoms with Gasteiger partial charge in [0.1, 0.15) is 11.6 Å². The number of aromatic nitrogens is 2. The number of fused-ring (bicyclic) bond motifs is 1. The molecule has 1 fully saturated rings. The number of para-hydroxylation sites is 3. The van der Waals surface area contributed by atoms with Crippen LogP contribution in [0.1, 0.15) is 67.5 Å². The van der Waals surface area contributed by atoms with Crippen LogP contribution in [0.3, 0.4) is 0 Å².